The molecule has 0 aromatic heterocycles. The summed E-state index contributed by atoms with van der Waals surface area (Å²) in [4.78, 5) is 23.0. The lowest BCUT2D eigenvalue weighted by Gasteiger charge is -2.17. The molecule has 0 spiro atoms. The summed E-state index contributed by atoms with van der Waals surface area (Å²) in [7, 11) is 0. The average molecular weight is 395 g/mol. The van der Waals surface area contributed by atoms with Crippen molar-refractivity contribution in [3.8, 4) is 0 Å². The fourth-order valence-electron chi connectivity index (χ4n) is 2.94. The molecular formula is C20H24F3N3O2. The molecule has 0 bridgehead atoms. The molecule has 152 valence electrons. The second kappa shape index (κ2) is 9.54. The first-order valence-electron chi connectivity index (χ1n) is 9.03. The summed E-state index contributed by atoms with van der Waals surface area (Å²) in [5, 5.41) is 2.71. The maximum Gasteiger partial charge on any atom is 0.412 e. The van der Waals surface area contributed by atoms with Crippen LogP contribution in [0.1, 0.15) is 41.6 Å². The monoisotopic (exact) mass is 395 g/mol. The molecule has 2 amide bonds. The van der Waals surface area contributed by atoms with Crippen molar-refractivity contribution in [2.24, 2.45) is 11.5 Å². The minimum absolute atomic E-state index is 0.0194. The molecule has 2 rings (SSSR count). The van der Waals surface area contributed by atoms with Crippen LogP contribution in [0.4, 0.5) is 13.2 Å². The first kappa shape index (κ1) is 21.7. The van der Waals surface area contributed by atoms with Crippen LogP contribution in [-0.2, 0) is 11.2 Å². The molecule has 1 aromatic rings. The second-order valence-electron chi connectivity index (χ2n) is 6.81. The maximum atomic E-state index is 12.8. The molecule has 1 aliphatic rings. The Morgan fingerprint density at radius 1 is 1.18 bits per heavy atom. The SMILES string of the molecule is NC(=O)c1ccc(C[C@H](N)CNC(=O)CCC2=CCCC(C(F)(F)F)=C2)cc1. The van der Waals surface area contributed by atoms with Crippen molar-refractivity contribution in [2.75, 3.05) is 6.54 Å². The number of nitrogens with one attached hydrogen (secondary N) is 1. The number of nitrogens with two attached hydrogens (primary N) is 2. The predicted molar refractivity (Wildman–Crippen MR) is 100 cm³/mol. The van der Waals surface area contributed by atoms with Crippen LogP contribution in [0.25, 0.3) is 0 Å². The third-order valence-electron chi connectivity index (χ3n) is 4.48. The number of alkyl halides is 3. The highest BCUT2D eigenvalue weighted by molar-refractivity contribution is 5.92. The third-order valence-corrected chi connectivity index (χ3v) is 4.48. The van der Waals surface area contributed by atoms with Gasteiger partial charge in [0, 0.05) is 30.1 Å². The average Bonchev–Trinajstić information content (AvgIpc) is 2.64. The Morgan fingerprint density at radius 2 is 1.86 bits per heavy atom. The highest BCUT2D eigenvalue weighted by Gasteiger charge is 2.33. The van der Waals surface area contributed by atoms with E-state index in [1.54, 1.807) is 30.3 Å². The Balaban J connectivity index is 1.74. The maximum absolute atomic E-state index is 12.8. The lowest BCUT2D eigenvalue weighted by molar-refractivity contribution is -0.121. The van der Waals surface area contributed by atoms with Crippen molar-refractivity contribution in [1.29, 1.82) is 0 Å². The summed E-state index contributed by atoms with van der Waals surface area (Å²) < 4.78 is 38.3. The van der Waals surface area contributed by atoms with Crippen LogP contribution in [0.2, 0.25) is 0 Å². The zero-order chi connectivity index (χ0) is 20.7. The van der Waals surface area contributed by atoms with Crippen molar-refractivity contribution < 1.29 is 22.8 Å². The Morgan fingerprint density at radius 3 is 2.46 bits per heavy atom. The molecule has 5 N–H and O–H groups in total. The van der Waals surface area contributed by atoms with Gasteiger partial charge in [0.15, 0.2) is 0 Å². The number of carbonyl (C=O) groups excluding carboxylic acids is 2. The van der Waals surface area contributed by atoms with Crippen LogP contribution in [0.15, 0.2) is 47.6 Å². The molecule has 28 heavy (non-hydrogen) atoms. The van der Waals surface area contributed by atoms with Gasteiger partial charge in [-0.2, -0.15) is 13.2 Å². The molecule has 0 aliphatic heterocycles. The van der Waals surface area contributed by atoms with E-state index in [4.69, 9.17) is 11.5 Å². The van der Waals surface area contributed by atoms with Gasteiger partial charge in [-0.15, -0.1) is 0 Å². The van der Waals surface area contributed by atoms with Crippen molar-refractivity contribution >= 4 is 11.8 Å². The van der Waals surface area contributed by atoms with E-state index in [0.29, 0.717) is 24.0 Å². The predicted octanol–water partition coefficient (Wildman–Crippen LogP) is 2.76. The van der Waals surface area contributed by atoms with Gasteiger partial charge < -0.3 is 16.8 Å². The van der Waals surface area contributed by atoms with Gasteiger partial charge in [-0.1, -0.05) is 29.9 Å². The highest BCUT2D eigenvalue weighted by Crippen LogP contribution is 2.33. The van der Waals surface area contributed by atoms with Gasteiger partial charge in [-0.25, -0.2) is 0 Å². The Kier molecular flexibility index (Phi) is 7.39. The number of amides is 2. The Hall–Kier alpha value is -2.61. The smallest absolute Gasteiger partial charge is 0.366 e. The van der Waals surface area contributed by atoms with E-state index in [2.05, 4.69) is 5.32 Å². The van der Waals surface area contributed by atoms with Crippen LogP contribution in [0.3, 0.4) is 0 Å². The van der Waals surface area contributed by atoms with Gasteiger partial charge in [-0.3, -0.25) is 9.59 Å². The largest absolute Gasteiger partial charge is 0.412 e. The number of hydrogen-bond acceptors (Lipinski definition) is 3. The molecule has 1 aromatic carbocycles. The van der Waals surface area contributed by atoms with Gasteiger partial charge in [0.25, 0.3) is 0 Å². The van der Waals surface area contributed by atoms with Gasteiger partial charge >= 0.3 is 6.18 Å². The summed E-state index contributed by atoms with van der Waals surface area (Å²) in [6.45, 7) is 0.249. The van der Waals surface area contributed by atoms with Crippen LogP contribution in [0.5, 0.6) is 0 Å². The fourth-order valence-corrected chi connectivity index (χ4v) is 2.94. The van der Waals surface area contributed by atoms with Crippen molar-refractivity contribution in [3.63, 3.8) is 0 Å². The summed E-state index contributed by atoms with van der Waals surface area (Å²) in [5.74, 6) is -0.763. The molecule has 0 saturated carbocycles. The molecule has 0 heterocycles. The molecular weight excluding hydrogens is 371 g/mol. The minimum Gasteiger partial charge on any atom is -0.366 e. The minimum atomic E-state index is -4.32. The van der Waals surface area contributed by atoms with Crippen LogP contribution in [0, 0.1) is 0 Å². The topological polar surface area (TPSA) is 98.2 Å². The molecule has 5 nitrogen and oxygen atoms in total. The number of hydrogen-bond donors (Lipinski definition) is 3. The second-order valence-corrected chi connectivity index (χ2v) is 6.81. The molecule has 1 aliphatic carbocycles. The highest BCUT2D eigenvalue weighted by atomic mass is 19.4. The first-order chi connectivity index (χ1) is 13.1. The lowest BCUT2D eigenvalue weighted by Crippen LogP contribution is -2.38. The van der Waals surface area contributed by atoms with E-state index >= 15 is 0 Å². The summed E-state index contributed by atoms with van der Waals surface area (Å²) >= 11 is 0. The van der Waals surface area contributed by atoms with Crippen LogP contribution < -0.4 is 16.8 Å². The lowest BCUT2D eigenvalue weighted by atomic mass is 9.96. The number of benzene rings is 1. The number of carbonyl (C=O) groups is 2. The molecule has 8 heteroatoms. The molecule has 1 atom stereocenters. The Bertz CT molecular complexity index is 768. The van der Waals surface area contributed by atoms with E-state index in [1.807, 2.05) is 0 Å². The van der Waals surface area contributed by atoms with E-state index in [-0.39, 0.29) is 37.8 Å². The van der Waals surface area contributed by atoms with Gasteiger partial charge in [0.05, 0.1) is 0 Å². The summed E-state index contributed by atoms with van der Waals surface area (Å²) in [6, 6.07) is 6.41. The quantitative estimate of drug-likeness (QED) is 0.631. The number of rotatable bonds is 8. The summed E-state index contributed by atoms with van der Waals surface area (Å²) in [6.07, 6.45) is -0.256. The first-order valence-corrected chi connectivity index (χ1v) is 9.03. The van der Waals surface area contributed by atoms with E-state index < -0.39 is 17.7 Å². The molecule has 0 fully saturated rings. The zero-order valence-corrected chi connectivity index (χ0v) is 15.4. The molecule has 0 radical (unpaired) electrons. The van der Waals surface area contributed by atoms with Crippen LogP contribution in [-0.4, -0.2) is 30.6 Å². The van der Waals surface area contributed by atoms with E-state index in [1.165, 1.54) is 0 Å². The number of allylic oxidation sites excluding steroid dienone is 4. The van der Waals surface area contributed by atoms with Crippen molar-refractivity contribution in [3.05, 3.63) is 58.7 Å². The molecule has 0 unspecified atom stereocenters. The van der Waals surface area contributed by atoms with E-state index in [0.717, 1.165) is 11.6 Å². The van der Waals surface area contributed by atoms with E-state index in [9.17, 15) is 22.8 Å². The van der Waals surface area contributed by atoms with Gasteiger partial charge in [0.2, 0.25) is 11.8 Å². The van der Waals surface area contributed by atoms with Gasteiger partial charge in [-0.05, 0) is 43.4 Å². The van der Waals surface area contributed by atoms with Crippen molar-refractivity contribution in [2.45, 2.75) is 44.3 Å². The number of primary amides is 1. The van der Waals surface area contributed by atoms with Crippen molar-refractivity contribution in [1.82, 2.24) is 5.32 Å². The zero-order valence-electron chi connectivity index (χ0n) is 15.4. The molecule has 0 saturated heterocycles. The van der Waals surface area contributed by atoms with Gasteiger partial charge in [0.1, 0.15) is 0 Å². The number of halogens is 3. The normalized spacial score (nSPS) is 15.4. The summed E-state index contributed by atoms with van der Waals surface area (Å²) in [5.41, 5.74) is 12.5. The Labute approximate surface area is 161 Å². The van der Waals surface area contributed by atoms with Crippen LogP contribution >= 0.6 is 0 Å². The third kappa shape index (κ3) is 6.84. The fraction of sp³-hybridized carbons (Fsp3) is 0.400. The standard InChI is InChI=1S/C20H24F3N3O2/c21-20(22,23)16-3-1-2-13(10-16)6-9-18(27)26-12-17(24)11-14-4-7-15(8-5-14)19(25)28/h2,4-5,7-8,10,17H,1,3,6,9,11-12,24H2,(H2,25,28)(H,26,27)/t17-/m0/s1.